The van der Waals surface area contributed by atoms with Gasteiger partial charge >= 0.3 is 6.01 Å². The zero-order valence-corrected chi connectivity index (χ0v) is 20.8. The Morgan fingerprint density at radius 3 is 2.76 bits per heavy atom. The van der Waals surface area contributed by atoms with Gasteiger partial charge in [-0.05, 0) is 44.6 Å². The maximum absolute atomic E-state index is 16.0. The van der Waals surface area contributed by atoms with Crippen molar-refractivity contribution < 1.29 is 27.4 Å². The molecule has 37 heavy (non-hydrogen) atoms. The zero-order valence-electron chi connectivity index (χ0n) is 20.1. The van der Waals surface area contributed by atoms with Gasteiger partial charge in [0.05, 0.1) is 23.7 Å². The third-order valence-electron chi connectivity index (χ3n) is 6.82. The molecule has 3 aromatic rings. The van der Waals surface area contributed by atoms with E-state index in [1.54, 1.807) is 0 Å². The van der Waals surface area contributed by atoms with Gasteiger partial charge in [-0.25, -0.2) is 17.6 Å². The minimum Gasteiger partial charge on any atom is -0.507 e. The van der Waals surface area contributed by atoms with Crippen LogP contribution in [-0.4, -0.2) is 78.3 Å². The van der Waals surface area contributed by atoms with E-state index in [1.165, 1.54) is 23.1 Å². The van der Waals surface area contributed by atoms with E-state index >= 15 is 4.39 Å². The van der Waals surface area contributed by atoms with Crippen LogP contribution in [0, 0.1) is 11.6 Å². The largest absolute Gasteiger partial charge is 0.507 e. The van der Waals surface area contributed by atoms with Crippen LogP contribution < -0.4 is 15.0 Å². The number of phenols is 1. The number of rotatable bonds is 5. The summed E-state index contributed by atoms with van der Waals surface area (Å²) in [5.74, 6) is -5.44. The van der Waals surface area contributed by atoms with Crippen LogP contribution in [-0.2, 0) is 0 Å². The van der Waals surface area contributed by atoms with E-state index in [9.17, 15) is 18.3 Å². The van der Waals surface area contributed by atoms with Gasteiger partial charge in [-0.3, -0.25) is 0 Å². The Hall–Kier alpha value is -2.89. The van der Waals surface area contributed by atoms with E-state index in [1.807, 2.05) is 7.05 Å². The van der Waals surface area contributed by atoms with Crippen molar-refractivity contribution in [2.75, 3.05) is 51.3 Å². The summed E-state index contributed by atoms with van der Waals surface area (Å²) >= 11 is 6.40. The molecule has 0 saturated carbocycles. The first-order valence-corrected chi connectivity index (χ1v) is 12.4. The first-order chi connectivity index (χ1) is 17.6. The summed E-state index contributed by atoms with van der Waals surface area (Å²) in [5, 5.41) is 12.8. The Balaban J connectivity index is 1.67. The molecular formula is C25H26ClF4N5O2. The molecule has 12 heteroatoms. The van der Waals surface area contributed by atoms with Crippen molar-refractivity contribution in [2.45, 2.75) is 24.8 Å². The fourth-order valence-corrected chi connectivity index (χ4v) is 5.18. The molecule has 7 nitrogen and oxygen atoms in total. The topological polar surface area (TPSA) is 73.8 Å². The fraction of sp³-hybridized carbons (Fsp3) is 0.440. The van der Waals surface area contributed by atoms with Gasteiger partial charge in [0, 0.05) is 30.1 Å². The Morgan fingerprint density at radius 2 is 2.03 bits per heavy atom. The van der Waals surface area contributed by atoms with Gasteiger partial charge < -0.3 is 25.0 Å². The van der Waals surface area contributed by atoms with Crippen LogP contribution in [0.2, 0.25) is 5.02 Å². The monoisotopic (exact) mass is 539 g/mol. The molecule has 2 N–H and O–H groups in total. The van der Waals surface area contributed by atoms with Crippen LogP contribution in [0.5, 0.6) is 11.8 Å². The maximum atomic E-state index is 16.0. The highest BCUT2D eigenvalue weighted by Crippen LogP contribution is 2.43. The standard InChI is InChI=1S/C25H26ClF4N5O2/c1-34-8-3-4-14(34)11-37-24-32-22-15(23(33-24)35-9-7-31-12-25(29,30)13-35)10-16(26)19(21(22)28)20-17(27)5-2-6-18(20)36/h2,5-6,10,14,31,36H,3-4,7-9,11-13H2,1H3/t14-/m0/s1. The van der Waals surface area contributed by atoms with Crippen LogP contribution in [0.15, 0.2) is 24.3 Å². The lowest BCUT2D eigenvalue weighted by atomic mass is 10.0. The number of hydrogen-bond acceptors (Lipinski definition) is 7. The normalized spacial score (nSPS) is 20.4. The number of benzene rings is 2. The number of likely N-dealkylation sites (N-methyl/N-ethyl adjacent to an activating group) is 1. The van der Waals surface area contributed by atoms with Crippen LogP contribution >= 0.6 is 11.6 Å². The molecule has 0 amide bonds. The van der Waals surface area contributed by atoms with Gasteiger partial charge in [-0.2, -0.15) is 9.97 Å². The highest BCUT2D eigenvalue weighted by molar-refractivity contribution is 6.34. The van der Waals surface area contributed by atoms with Crippen LogP contribution in [0.4, 0.5) is 23.4 Å². The molecular weight excluding hydrogens is 514 g/mol. The average Bonchev–Trinajstić information content (AvgIpc) is 3.16. The molecule has 2 fully saturated rings. The Kier molecular flexibility index (Phi) is 7.03. The molecule has 2 saturated heterocycles. The van der Waals surface area contributed by atoms with Crippen molar-refractivity contribution in [1.82, 2.24) is 20.2 Å². The predicted molar refractivity (Wildman–Crippen MR) is 133 cm³/mol. The summed E-state index contributed by atoms with van der Waals surface area (Å²) in [6.07, 6.45) is 1.91. The first kappa shape index (κ1) is 25.7. The van der Waals surface area contributed by atoms with Gasteiger partial charge in [-0.1, -0.05) is 17.7 Å². The molecule has 2 aliphatic rings. The van der Waals surface area contributed by atoms with Gasteiger partial charge in [0.15, 0.2) is 5.82 Å². The molecule has 0 radical (unpaired) electrons. The van der Waals surface area contributed by atoms with E-state index in [4.69, 9.17) is 16.3 Å². The van der Waals surface area contributed by atoms with E-state index in [-0.39, 0.29) is 53.5 Å². The average molecular weight is 540 g/mol. The summed E-state index contributed by atoms with van der Waals surface area (Å²) < 4.78 is 65.5. The SMILES string of the molecule is CN1CCC[C@H]1COc1nc(N2CCNCC(F)(F)C2)c2cc(Cl)c(-c3c(O)cccc3F)c(F)c2n1. The zero-order chi connectivity index (χ0) is 26.3. The second-order valence-electron chi connectivity index (χ2n) is 9.45. The fourth-order valence-electron chi connectivity index (χ4n) is 4.90. The molecule has 2 aliphatic heterocycles. The number of nitrogens with zero attached hydrogens (tertiary/aromatic N) is 4. The third-order valence-corrected chi connectivity index (χ3v) is 7.12. The highest BCUT2D eigenvalue weighted by Gasteiger charge is 2.35. The van der Waals surface area contributed by atoms with Crippen molar-refractivity contribution in [3.05, 3.63) is 40.9 Å². The van der Waals surface area contributed by atoms with Crippen molar-refractivity contribution in [1.29, 1.82) is 0 Å². The number of halogens is 5. The number of hydrogen-bond donors (Lipinski definition) is 2. The molecule has 1 aromatic heterocycles. The van der Waals surface area contributed by atoms with E-state index in [0.717, 1.165) is 25.5 Å². The molecule has 0 unspecified atom stereocenters. The molecule has 0 bridgehead atoms. The predicted octanol–water partition coefficient (Wildman–Crippen LogP) is 4.45. The number of ether oxygens (including phenoxy) is 1. The van der Waals surface area contributed by atoms with E-state index in [0.29, 0.717) is 0 Å². The highest BCUT2D eigenvalue weighted by atomic mass is 35.5. The number of nitrogens with one attached hydrogen (secondary N) is 1. The van der Waals surface area contributed by atoms with Gasteiger partial charge in [0.2, 0.25) is 0 Å². The number of likely N-dealkylation sites (tertiary alicyclic amines) is 1. The molecule has 2 aromatic carbocycles. The van der Waals surface area contributed by atoms with Crippen molar-refractivity contribution in [3.8, 4) is 22.9 Å². The summed E-state index contributed by atoms with van der Waals surface area (Å²) in [6.45, 7) is 0.399. The lowest BCUT2D eigenvalue weighted by molar-refractivity contribution is 0.0156. The van der Waals surface area contributed by atoms with E-state index < -0.39 is 47.5 Å². The molecule has 5 rings (SSSR count). The summed E-state index contributed by atoms with van der Waals surface area (Å²) in [7, 11) is 1.97. The molecule has 3 heterocycles. The Bertz CT molecular complexity index is 1310. The molecule has 0 aliphatic carbocycles. The van der Waals surface area contributed by atoms with Gasteiger partial charge in [0.25, 0.3) is 5.92 Å². The van der Waals surface area contributed by atoms with Crippen LogP contribution in [0.3, 0.4) is 0 Å². The van der Waals surface area contributed by atoms with Crippen molar-refractivity contribution >= 4 is 28.3 Å². The maximum Gasteiger partial charge on any atom is 0.319 e. The Labute approximate surface area is 216 Å². The third kappa shape index (κ3) is 5.12. The lowest BCUT2D eigenvalue weighted by Gasteiger charge is -2.26. The smallest absolute Gasteiger partial charge is 0.319 e. The number of fused-ring (bicyclic) bond motifs is 1. The number of phenolic OH excluding ortho intramolecular Hbond substituents is 1. The number of anilines is 1. The first-order valence-electron chi connectivity index (χ1n) is 12.0. The van der Waals surface area contributed by atoms with Gasteiger partial charge in [-0.15, -0.1) is 0 Å². The molecule has 0 spiro atoms. The van der Waals surface area contributed by atoms with Crippen molar-refractivity contribution in [3.63, 3.8) is 0 Å². The number of aromatic nitrogens is 2. The van der Waals surface area contributed by atoms with Crippen LogP contribution in [0.1, 0.15) is 12.8 Å². The summed E-state index contributed by atoms with van der Waals surface area (Å²) in [5.41, 5.74) is -1.09. The van der Waals surface area contributed by atoms with Crippen LogP contribution in [0.25, 0.3) is 22.0 Å². The minimum atomic E-state index is -3.07. The number of alkyl halides is 2. The second-order valence-corrected chi connectivity index (χ2v) is 9.86. The Morgan fingerprint density at radius 1 is 1.22 bits per heavy atom. The minimum absolute atomic E-state index is 0.0354. The van der Waals surface area contributed by atoms with E-state index in [2.05, 4.69) is 20.2 Å². The quantitative estimate of drug-likeness (QED) is 0.464. The van der Waals surface area contributed by atoms with Crippen molar-refractivity contribution in [2.24, 2.45) is 0 Å². The number of aromatic hydroxyl groups is 1. The molecule has 198 valence electrons. The molecule has 1 atom stereocenters. The second kappa shape index (κ2) is 10.1. The summed E-state index contributed by atoms with van der Waals surface area (Å²) in [6, 6.07) is 4.79. The lowest BCUT2D eigenvalue weighted by Crippen LogP contribution is -2.39. The van der Waals surface area contributed by atoms with Gasteiger partial charge in [0.1, 0.15) is 29.5 Å². The summed E-state index contributed by atoms with van der Waals surface area (Å²) in [4.78, 5) is 12.1.